The van der Waals surface area contributed by atoms with Crippen molar-refractivity contribution in [2.45, 2.75) is 101 Å². The monoisotopic (exact) mass is 474 g/mol. The van der Waals surface area contributed by atoms with Crippen LogP contribution in [0.5, 0.6) is 0 Å². The Morgan fingerprint density at radius 1 is 1.25 bits per heavy atom. The van der Waals surface area contributed by atoms with Crippen LogP contribution in [0.4, 0.5) is 9.18 Å². The fourth-order valence-corrected chi connectivity index (χ4v) is 7.09. The molecule has 11 heteroatoms. The molecule has 2 aliphatic heterocycles. The highest BCUT2D eigenvalue weighted by atomic mass is 32.2. The molecule has 2 N–H and O–H groups in total. The van der Waals surface area contributed by atoms with Crippen molar-refractivity contribution in [1.82, 2.24) is 20.0 Å². The fraction of sp³-hybridized carbons (Fsp3) is 0.905. The van der Waals surface area contributed by atoms with Gasteiger partial charge in [-0.05, 0) is 66.2 Å². The van der Waals surface area contributed by atoms with E-state index in [4.69, 9.17) is 4.84 Å². The molecule has 5 atom stereocenters. The van der Waals surface area contributed by atoms with Gasteiger partial charge in [-0.3, -0.25) is 14.5 Å². The molecule has 0 bridgehead atoms. The predicted octanol–water partition coefficient (Wildman–Crippen LogP) is 1.69. The molecule has 2 saturated heterocycles. The zero-order valence-corrected chi connectivity index (χ0v) is 20.1. The minimum absolute atomic E-state index is 0.0647. The van der Waals surface area contributed by atoms with Gasteiger partial charge in [-0.15, -0.1) is 0 Å². The molecule has 0 aromatic carbocycles. The summed E-state index contributed by atoms with van der Waals surface area (Å²) in [5, 5.41) is -0.704. The van der Waals surface area contributed by atoms with E-state index in [0.717, 1.165) is 17.7 Å². The van der Waals surface area contributed by atoms with Crippen LogP contribution >= 0.6 is 0 Å². The second-order valence-corrected chi connectivity index (χ2v) is 12.8. The fourth-order valence-electron chi connectivity index (χ4n) is 5.12. The number of imide groups is 1. The highest BCUT2D eigenvalue weighted by Crippen LogP contribution is 2.40. The summed E-state index contributed by atoms with van der Waals surface area (Å²) in [6.45, 7) is 6.54. The lowest BCUT2D eigenvalue weighted by molar-refractivity contribution is -0.143. The van der Waals surface area contributed by atoms with Crippen LogP contribution in [-0.2, 0) is 19.7 Å². The summed E-state index contributed by atoms with van der Waals surface area (Å²) in [4.78, 5) is 34.7. The van der Waals surface area contributed by atoms with E-state index >= 15 is 0 Å². The molecule has 0 radical (unpaired) electrons. The number of carbonyl (C=O) groups is 2. The van der Waals surface area contributed by atoms with Crippen LogP contribution in [0.15, 0.2) is 0 Å². The Kier molecular flexibility index (Phi) is 6.09. The molecular formula is C21H35FN4O5S. The quantitative estimate of drug-likeness (QED) is 0.581. The van der Waals surface area contributed by atoms with Crippen LogP contribution in [0.1, 0.15) is 66.2 Å². The maximum absolute atomic E-state index is 14.6. The topological polar surface area (TPSA) is 108 Å². The first kappa shape index (κ1) is 23.8. The average Bonchev–Trinajstić information content (AvgIpc) is 3.25. The number of nitrogens with zero attached hydrogens (tertiary/aromatic N) is 2. The average molecular weight is 475 g/mol. The van der Waals surface area contributed by atoms with E-state index in [1.807, 2.05) is 13.8 Å². The van der Waals surface area contributed by atoms with Gasteiger partial charge in [0.15, 0.2) is 0 Å². The standard InChI is InChI=1S/C21H35FN4O5S/c1-13-9-14(31-23-13)11-25-18(27)16-10-15(32(29,30)24-21(4)7-8-21)5-6-17(16)26(19(25)28)12-20(2,3)22/h13-17,23-24H,5-12H2,1-4H3. The number of halogens is 1. The minimum Gasteiger partial charge on any atom is -0.317 e. The number of alkyl halides is 1. The van der Waals surface area contributed by atoms with Gasteiger partial charge < -0.3 is 4.90 Å². The van der Waals surface area contributed by atoms with Gasteiger partial charge in [0, 0.05) is 17.6 Å². The maximum atomic E-state index is 14.6. The van der Waals surface area contributed by atoms with Gasteiger partial charge in [0.05, 0.1) is 30.4 Å². The summed E-state index contributed by atoms with van der Waals surface area (Å²) >= 11 is 0. The Balaban J connectivity index is 1.56. The number of rotatable bonds is 7. The van der Waals surface area contributed by atoms with E-state index < -0.39 is 38.9 Å². The van der Waals surface area contributed by atoms with Crippen molar-refractivity contribution in [3.05, 3.63) is 0 Å². The van der Waals surface area contributed by atoms with Gasteiger partial charge in [0.25, 0.3) is 0 Å². The zero-order valence-electron chi connectivity index (χ0n) is 19.3. The lowest BCUT2D eigenvalue weighted by atomic mass is 9.80. The molecule has 2 saturated carbocycles. The third-order valence-corrected chi connectivity index (χ3v) is 9.12. The molecule has 2 aliphatic carbocycles. The number of hydrogen-bond acceptors (Lipinski definition) is 6. The van der Waals surface area contributed by atoms with Gasteiger partial charge in [-0.25, -0.2) is 22.3 Å². The molecule has 32 heavy (non-hydrogen) atoms. The van der Waals surface area contributed by atoms with Crippen molar-refractivity contribution in [1.29, 1.82) is 0 Å². The van der Waals surface area contributed by atoms with Gasteiger partial charge >= 0.3 is 6.03 Å². The molecule has 182 valence electrons. The molecule has 0 spiro atoms. The summed E-state index contributed by atoms with van der Waals surface area (Å²) < 4.78 is 43.4. The summed E-state index contributed by atoms with van der Waals surface area (Å²) in [7, 11) is -3.60. The summed E-state index contributed by atoms with van der Waals surface area (Å²) in [6.07, 6.45) is 2.71. The smallest absolute Gasteiger partial charge is 0.317 e. The van der Waals surface area contributed by atoms with Crippen LogP contribution in [0.25, 0.3) is 0 Å². The molecule has 5 unspecified atom stereocenters. The van der Waals surface area contributed by atoms with Gasteiger partial charge in [-0.1, -0.05) is 0 Å². The van der Waals surface area contributed by atoms with E-state index in [1.165, 1.54) is 18.7 Å². The minimum atomic E-state index is -3.60. The Bertz CT molecular complexity index is 872. The van der Waals surface area contributed by atoms with Crippen molar-refractivity contribution in [2.75, 3.05) is 13.1 Å². The number of carbonyl (C=O) groups excluding carboxylic acids is 2. The number of sulfonamides is 1. The third kappa shape index (κ3) is 4.95. The van der Waals surface area contributed by atoms with Crippen molar-refractivity contribution >= 4 is 22.0 Å². The van der Waals surface area contributed by atoms with Gasteiger partial charge in [0.1, 0.15) is 5.67 Å². The maximum Gasteiger partial charge on any atom is 0.327 e. The van der Waals surface area contributed by atoms with E-state index in [1.54, 1.807) is 0 Å². The Hall–Kier alpha value is -1.30. The van der Waals surface area contributed by atoms with E-state index in [0.29, 0.717) is 19.3 Å². The van der Waals surface area contributed by atoms with Crippen LogP contribution < -0.4 is 10.2 Å². The number of fused-ring (bicyclic) bond motifs is 1. The van der Waals surface area contributed by atoms with Crippen LogP contribution in [-0.4, -0.2) is 77.9 Å². The molecule has 3 amide bonds. The highest BCUT2D eigenvalue weighted by molar-refractivity contribution is 7.90. The largest absolute Gasteiger partial charge is 0.327 e. The predicted molar refractivity (Wildman–Crippen MR) is 116 cm³/mol. The molecule has 0 aromatic rings. The van der Waals surface area contributed by atoms with Crippen molar-refractivity contribution in [3.63, 3.8) is 0 Å². The number of nitrogens with one attached hydrogen (secondary N) is 2. The second-order valence-electron chi connectivity index (χ2n) is 10.9. The van der Waals surface area contributed by atoms with E-state index in [9.17, 15) is 22.4 Å². The first-order valence-electron chi connectivity index (χ1n) is 11.5. The number of hydroxylamine groups is 1. The number of urea groups is 1. The van der Waals surface area contributed by atoms with Crippen LogP contribution in [0.3, 0.4) is 0 Å². The summed E-state index contributed by atoms with van der Waals surface area (Å²) in [5.41, 5.74) is 0.810. The Morgan fingerprint density at radius 2 is 1.94 bits per heavy atom. The lowest BCUT2D eigenvalue weighted by Crippen LogP contribution is -2.66. The lowest BCUT2D eigenvalue weighted by Gasteiger charge is -2.49. The Labute approximate surface area is 189 Å². The molecule has 0 aromatic heterocycles. The first-order valence-corrected chi connectivity index (χ1v) is 13.1. The molecular weight excluding hydrogens is 439 g/mol. The second kappa shape index (κ2) is 8.18. The number of amides is 3. The van der Waals surface area contributed by atoms with Crippen molar-refractivity contribution < 1.29 is 27.2 Å². The third-order valence-electron chi connectivity index (χ3n) is 7.04. The van der Waals surface area contributed by atoms with Crippen molar-refractivity contribution in [2.24, 2.45) is 5.92 Å². The molecule has 9 nitrogen and oxygen atoms in total. The Morgan fingerprint density at radius 3 is 2.50 bits per heavy atom. The normalized spacial score (nSPS) is 35.2. The summed E-state index contributed by atoms with van der Waals surface area (Å²) in [5.74, 6) is -1.06. The van der Waals surface area contributed by atoms with Gasteiger partial charge in [0.2, 0.25) is 15.9 Å². The van der Waals surface area contributed by atoms with E-state index in [2.05, 4.69) is 10.2 Å². The van der Waals surface area contributed by atoms with E-state index in [-0.39, 0.29) is 43.1 Å². The molecule has 4 fully saturated rings. The molecule has 2 heterocycles. The van der Waals surface area contributed by atoms with Gasteiger partial charge in [-0.2, -0.15) is 5.48 Å². The molecule has 4 rings (SSSR count). The van der Waals surface area contributed by atoms with Crippen LogP contribution in [0, 0.1) is 5.92 Å². The number of hydrogen-bond donors (Lipinski definition) is 2. The zero-order chi connectivity index (χ0) is 23.5. The highest BCUT2D eigenvalue weighted by Gasteiger charge is 2.53. The first-order chi connectivity index (χ1) is 14.8. The van der Waals surface area contributed by atoms with Crippen molar-refractivity contribution in [3.8, 4) is 0 Å². The molecule has 4 aliphatic rings. The summed E-state index contributed by atoms with van der Waals surface area (Å²) in [6, 6.07) is -0.913. The van der Waals surface area contributed by atoms with Crippen LogP contribution in [0.2, 0.25) is 0 Å². The SMILES string of the molecule is CC1CC(CN2C(=O)C3CC(S(=O)(=O)NC4(C)CC4)CCC3N(CC(C)(C)F)C2=O)ON1.